The van der Waals surface area contributed by atoms with Crippen molar-refractivity contribution in [3.8, 4) is 5.88 Å². The van der Waals surface area contributed by atoms with Crippen LogP contribution >= 0.6 is 23.4 Å². The van der Waals surface area contributed by atoms with Crippen molar-refractivity contribution in [3.63, 3.8) is 0 Å². The van der Waals surface area contributed by atoms with Crippen LogP contribution in [0.3, 0.4) is 0 Å². The molecule has 36 heavy (non-hydrogen) atoms. The van der Waals surface area contributed by atoms with Crippen LogP contribution in [-0.4, -0.2) is 19.9 Å². The van der Waals surface area contributed by atoms with E-state index in [9.17, 15) is 14.7 Å². The molecule has 4 N–H and O–H groups in total. The van der Waals surface area contributed by atoms with Crippen molar-refractivity contribution in [2.75, 3.05) is 5.32 Å². The molecule has 0 fully saturated rings. The first-order valence-corrected chi connectivity index (χ1v) is 12.3. The minimum atomic E-state index is -0.527. The lowest BCUT2D eigenvalue weighted by molar-refractivity contribution is 0.384. The maximum absolute atomic E-state index is 12.9. The van der Waals surface area contributed by atoms with Crippen LogP contribution in [0.15, 0.2) is 117 Å². The molecule has 3 aromatic carbocycles. The number of benzene rings is 3. The van der Waals surface area contributed by atoms with E-state index in [0.29, 0.717) is 15.6 Å². The summed E-state index contributed by atoms with van der Waals surface area (Å²) >= 11 is 7.39. The Morgan fingerprint density at radius 2 is 1.58 bits per heavy atom. The average molecular weight is 517 g/mol. The zero-order chi connectivity index (χ0) is 25.1. The minimum Gasteiger partial charge on any atom is -0.493 e. The Morgan fingerprint density at radius 1 is 0.861 bits per heavy atom. The van der Waals surface area contributed by atoms with E-state index in [1.54, 1.807) is 30.5 Å². The lowest BCUT2D eigenvalue weighted by Gasteiger charge is -2.21. The number of nitrogens with one attached hydrogen (secondary N) is 3. The van der Waals surface area contributed by atoms with Gasteiger partial charge in [-0.05, 0) is 41.5 Å². The summed E-state index contributed by atoms with van der Waals surface area (Å²) in [6.07, 6.45) is 1.57. The SMILES string of the molecule is O=c1cc(Nc2cccc(C(c3ccccc3)n3[nH]c(=O)c(Sc4ccccc4Cl)c3O)c2)cc[nH]1. The molecular formula is C27H21ClN4O3S. The number of hydrogen-bond acceptors (Lipinski definition) is 5. The molecule has 0 aliphatic carbocycles. The fraction of sp³-hybridized carbons (Fsp3) is 0.0370. The molecule has 0 radical (unpaired) electrons. The molecule has 5 rings (SSSR count). The van der Waals surface area contributed by atoms with Crippen LogP contribution in [0, 0.1) is 0 Å². The van der Waals surface area contributed by atoms with E-state index in [4.69, 9.17) is 11.6 Å². The van der Waals surface area contributed by atoms with Gasteiger partial charge in [-0.2, -0.15) is 0 Å². The van der Waals surface area contributed by atoms with E-state index in [1.807, 2.05) is 60.7 Å². The molecule has 0 spiro atoms. The van der Waals surface area contributed by atoms with Crippen LogP contribution in [0.25, 0.3) is 0 Å². The standard InChI is InChI=1S/C27H21ClN4O3S/c28-21-11-4-5-12-22(21)36-25-26(34)31-32(27(25)35)24(17-7-2-1-3-8-17)18-9-6-10-19(15-18)30-20-13-14-29-23(33)16-20/h1-16,24,35H,(H,31,34)(H2,29,30,33). The van der Waals surface area contributed by atoms with E-state index >= 15 is 0 Å². The summed E-state index contributed by atoms with van der Waals surface area (Å²) in [4.78, 5) is 28.0. The highest BCUT2D eigenvalue weighted by Gasteiger charge is 2.25. The van der Waals surface area contributed by atoms with Gasteiger partial charge in [0.25, 0.3) is 5.56 Å². The molecular weight excluding hydrogens is 496 g/mol. The summed E-state index contributed by atoms with van der Waals surface area (Å²) < 4.78 is 1.46. The zero-order valence-electron chi connectivity index (χ0n) is 18.8. The van der Waals surface area contributed by atoms with Gasteiger partial charge in [-0.1, -0.05) is 78.0 Å². The lowest BCUT2D eigenvalue weighted by atomic mass is 9.98. The largest absolute Gasteiger partial charge is 0.493 e. The van der Waals surface area contributed by atoms with E-state index in [1.165, 1.54) is 10.7 Å². The van der Waals surface area contributed by atoms with Crippen LogP contribution in [0.5, 0.6) is 5.88 Å². The van der Waals surface area contributed by atoms with Gasteiger partial charge in [-0.25, -0.2) is 4.68 Å². The van der Waals surface area contributed by atoms with Gasteiger partial charge < -0.3 is 15.4 Å². The molecule has 0 aliphatic heterocycles. The molecule has 0 amide bonds. The quantitative estimate of drug-likeness (QED) is 0.220. The number of aromatic amines is 2. The fourth-order valence-corrected chi connectivity index (χ4v) is 5.05. The highest BCUT2D eigenvalue weighted by Crippen LogP contribution is 2.39. The predicted octanol–water partition coefficient (Wildman–Crippen LogP) is 5.76. The minimum absolute atomic E-state index is 0.154. The Morgan fingerprint density at radius 3 is 2.36 bits per heavy atom. The molecule has 7 nitrogen and oxygen atoms in total. The first-order chi connectivity index (χ1) is 17.5. The van der Waals surface area contributed by atoms with Crippen LogP contribution in [0.1, 0.15) is 17.2 Å². The monoisotopic (exact) mass is 516 g/mol. The van der Waals surface area contributed by atoms with Crippen molar-refractivity contribution in [3.05, 3.63) is 134 Å². The third-order valence-corrected chi connectivity index (χ3v) is 7.14. The van der Waals surface area contributed by atoms with Gasteiger partial charge in [0.1, 0.15) is 10.9 Å². The van der Waals surface area contributed by atoms with Gasteiger partial charge in [-0.3, -0.25) is 14.7 Å². The maximum Gasteiger partial charge on any atom is 0.282 e. The maximum atomic E-state index is 12.9. The van der Waals surface area contributed by atoms with Gasteiger partial charge in [-0.15, -0.1) is 0 Å². The molecule has 2 aromatic heterocycles. The summed E-state index contributed by atoms with van der Waals surface area (Å²) in [5.41, 5.74) is 2.43. The Hall–Kier alpha value is -4.14. The van der Waals surface area contributed by atoms with Gasteiger partial charge in [0, 0.05) is 28.5 Å². The smallest absolute Gasteiger partial charge is 0.282 e. The number of hydrogen-bond donors (Lipinski definition) is 4. The summed E-state index contributed by atoms with van der Waals surface area (Å²) in [5.74, 6) is -0.188. The highest BCUT2D eigenvalue weighted by atomic mass is 35.5. The molecule has 0 saturated carbocycles. The third-order valence-electron chi connectivity index (χ3n) is 5.55. The van der Waals surface area contributed by atoms with Crippen molar-refractivity contribution in [2.24, 2.45) is 0 Å². The van der Waals surface area contributed by atoms with Crippen molar-refractivity contribution in [1.82, 2.24) is 14.8 Å². The molecule has 0 bridgehead atoms. The van der Waals surface area contributed by atoms with Crippen LogP contribution < -0.4 is 16.4 Å². The van der Waals surface area contributed by atoms with Crippen molar-refractivity contribution in [1.29, 1.82) is 0 Å². The second-order valence-electron chi connectivity index (χ2n) is 8.00. The topological polar surface area (TPSA) is 103 Å². The molecule has 1 atom stereocenters. The van der Waals surface area contributed by atoms with Crippen LogP contribution in [0.4, 0.5) is 11.4 Å². The van der Waals surface area contributed by atoms with Gasteiger partial charge in [0.05, 0.1) is 5.02 Å². The second kappa shape index (κ2) is 10.2. The number of nitrogens with zero attached hydrogens (tertiary/aromatic N) is 1. The molecule has 0 aliphatic rings. The molecule has 2 heterocycles. The lowest BCUT2D eigenvalue weighted by Crippen LogP contribution is -2.16. The van der Waals surface area contributed by atoms with E-state index in [-0.39, 0.29) is 16.3 Å². The fourth-order valence-electron chi connectivity index (χ4n) is 3.94. The number of aromatic hydroxyl groups is 1. The van der Waals surface area contributed by atoms with Crippen molar-refractivity contribution in [2.45, 2.75) is 15.8 Å². The molecule has 0 saturated heterocycles. The Labute approximate surface area is 215 Å². The first-order valence-electron chi connectivity index (χ1n) is 11.1. The zero-order valence-corrected chi connectivity index (χ0v) is 20.4. The first kappa shape index (κ1) is 23.6. The number of rotatable bonds is 7. The summed E-state index contributed by atoms with van der Waals surface area (Å²) in [6, 6.07) is 27.0. The van der Waals surface area contributed by atoms with E-state index < -0.39 is 11.6 Å². The summed E-state index contributed by atoms with van der Waals surface area (Å²) in [6.45, 7) is 0. The van der Waals surface area contributed by atoms with Crippen LogP contribution in [-0.2, 0) is 0 Å². The van der Waals surface area contributed by atoms with Crippen LogP contribution in [0.2, 0.25) is 5.02 Å². The predicted molar refractivity (Wildman–Crippen MR) is 143 cm³/mol. The molecule has 1 unspecified atom stereocenters. The number of pyridine rings is 1. The van der Waals surface area contributed by atoms with E-state index in [0.717, 1.165) is 28.6 Å². The molecule has 180 valence electrons. The second-order valence-corrected chi connectivity index (χ2v) is 9.46. The van der Waals surface area contributed by atoms with Crippen molar-refractivity contribution < 1.29 is 5.11 Å². The Kier molecular flexibility index (Phi) is 6.71. The number of aromatic nitrogens is 3. The number of halogens is 1. The Balaban J connectivity index is 1.57. The molecule has 9 heteroatoms. The number of anilines is 2. The van der Waals surface area contributed by atoms with E-state index in [2.05, 4.69) is 15.4 Å². The normalized spacial score (nSPS) is 11.8. The third kappa shape index (κ3) is 4.95. The highest BCUT2D eigenvalue weighted by molar-refractivity contribution is 7.99. The van der Waals surface area contributed by atoms with Crippen molar-refractivity contribution >= 4 is 34.7 Å². The van der Waals surface area contributed by atoms with Gasteiger partial charge in [0.15, 0.2) is 0 Å². The number of H-pyrrole nitrogens is 2. The van der Waals surface area contributed by atoms with Gasteiger partial charge >= 0.3 is 0 Å². The average Bonchev–Trinajstić information content (AvgIpc) is 3.14. The summed E-state index contributed by atoms with van der Waals surface area (Å²) in [7, 11) is 0. The Bertz CT molecular complexity index is 1630. The van der Waals surface area contributed by atoms with Gasteiger partial charge in [0.2, 0.25) is 11.4 Å². The summed E-state index contributed by atoms with van der Waals surface area (Å²) in [5, 5.41) is 17.7. The molecule has 5 aromatic rings.